The Kier molecular flexibility index (Phi) is 7.75. The van der Waals surface area contributed by atoms with E-state index in [0.29, 0.717) is 25.1 Å². The quantitative estimate of drug-likeness (QED) is 0.491. The van der Waals surface area contributed by atoms with Crippen molar-refractivity contribution in [2.24, 2.45) is 5.92 Å². The van der Waals surface area contributed by atoms with E-state index < -0.39 is 19.1 Å². The lowest BCUT2D eigenvalue weighted by molar-refractivity contribution is -0.121. The van der Waals surface area contributed by atoms with Crippen LogP contribution in [0.2, 0.25) is 0 Å². The van der Waals surface area contributed by atoms with Crippen LogP contribution in [0.25, 0.3) is 0 Å². The third kappa shape index (κ3) is 6.49. The van der Waals surface area contributed by atoms with Crippen LogP contribution in [0, 0.1) is 5.92 Å². The van der Waals surface area contributed by atoms with Crippen LogP contribution in [0.5, 0.6) is 5.88 Å². The first-order chi connectivity index (χ1) is 14.4. The van der Waals surface area contributed by atoms with E-state index >= 15 is 0 Å². The highest BCUT2D eigenvalue weighted by Gasteiger charge is 2.37. The summed E-state index contributed by atoms with van der Waals surface area (Å²) < 4.78 is 34.5. The van der Waals surface area contributed by atoms with Crippen LogP contribution < -0.4 is 26.2 Å². The molecule has 2 unspecified atom stereocenters. The largest absolute Gasteiger partial charge is 0.481 e. The lowest BCUT2D eigenvalue weighted by Crippen LogP contribution is -2.45. The van der Waals surface area contributed by atoms with Crippen molar-refractivity contribution in [1.82, 2.24) is 26.5 Å². The molecule has 2 fully saturated rings. The van der Waals surface area contributed by atoms with Gasteiger partial charge < -0.3 is 20.1 Å². The van der Waals surface area contributed by atoms with Gasteiger partial charge in [0.2, 0.25) is 11.8 Å². The van der Waals surface area contributed by atoms with Gasteiger partial charge in [-0.3, -0.25) is 10.2 Å². The van der Waals surface area contributed by atoms with Gasteiger partial charge in [0.1, 0.15) is 6.10 Å². The van der Waals surface area contributed by atoms with E-state index in [0.717, 1.165) is 12.0 Å². The molecule has 2 aliphatic rings. The minimum Gasteiger partial charge on any atom is -0.481 e. The molecule has 0 radical (unpaired) electrons. The Morgan fingerprint density at radius 1 is 1.27 bits per heavy atom. The second kappa shape index (κ2) is 10.5. The van der Waals surface area contributed by atoms with Crippen LogP contribution in [0.3, 0.4) is 0 Å². The van der Waals surface area contributed by atoms with Crippen molar-refractivity contribution in [3.63, 3.8) is 0 Å². The van der Waals surface area contributed by atoms with Crippen molar-refractivity contribution in [3.8, 4) is 5.88 Å². The van der Waals surface area contributed by atoms with Crippen molar-refractivity contribution < 1.29 is 27.8 Å². The molecule has 11 heteroatoms. The van der Waals surface area contributed by atoms with E-state index in [1.54, 1.807) is 18.3 Å². The van der Waals surface area contributed by atoms with Crippen molar-refractivity contribution in [2.75, 3.05) is 13.7 Å². The fraction of sp³-hybridized carbons (Fsp3) is 0.632. The number of pyridine rings is 1. The van der Waals surface area contributed by atoms with Crippen molar-refractivity contribution in [3.05, 3.63) is 23.9 Å². The van der Waals surface area contributed by atoms with Crippen LogP contribution in [0.4, 0.5) is 13.6 Å². The Morgan fingerprint density at radius 3 is 2.80 bits per heavy atom. The molecule has 1 aliphatic carbocycles. The standard InChI is InChI=1S/C19H27F2N5O4/c1-29-18-5-2-11(9-22-18)6-17(27)24-16-8-14(25-26-16)12-3-4-13(7-12)30-19(28)23-10-15(20)21/h2,5,9,12-16,25-26H,3-4,6-8,10H2,1H3,(H,23,28)(H,24,27)/t12-,13+,14?,16?/m0/s1. The van der Waals surface area contributed by atoms with Crippen molar-refractivity contribution >= 4 is 12.0 Å². The fourth-order valence-electron chi connectivity index (χ4n) is 3.85. The third-order valence-electron chi connectivity index (χ3n) is 5.31. The minimum atomic E-state index is -2.60. The first-order valence-electron chi connectivity index (χ1n) is 9.95. The maximum absolute atomic E-state index is 12.3. The van der Waals surface area contributed by atoms with Crippen LogP contribution in [-0.4, -0.2) is 55.4 Å². The van der Waals surface area contributed by atoms with Crippen molar-refractivity contribution in [1.29, 1.82) is 0 Å². The molecular weight excluding hydrogens is 400 g/mol. The maximum atomic E-state index is 12.3. The molecule has 166 valence electrons. The highest BCUT2D eigenvalue weighted by Crippen LogP contribution is 2.32. The van der Waals surface area contributed by atoms with Crippen molar-refractivity contribution in [2.45, 2.75) is 56.8 Å². The second-order valence-corrected chi connectivity index (χ2v) is 7.51. The van der Waals surface area contributed by atoms with Crippen LogP contribution in [0.15, 0.2) is 18.3 Å². The molecule has 2 heterocycles. The van der Waals surface area contributed by atoms with Gasteiger partial charge in [0.05, 0.1) is 26.2 Å². The van der Waals surface area contributed by atoms with Gasteiger partial charge in [0.15, 0.2) is 0 Å². The number of alkyl carbamates (subject to hydrolysis) is 1. The van der Waals surface area contributed by atoms with E-state index in [2.05, 4.69) is 26.5 Å². The van der Waals surface area contributed by atoms with Crippen LogP contribution in [0.1, 0.15) is 31.2 Å². The first kappa shape index (κ1) is 22.2. The number of nitrogens with zero attached hydrogens (tertiary/aromatic N) is 1. The topological polar surface area (TPSA) is 114 Å². The highest BCUT2D eigenvalue weighted by molar-refractivity contribution is 5.78. The molecule has 3 rings (SSSR count). The Bertz CT molecular complexity index is 721. The third-order valence-corrected chi connectivity index (χ3v) is 5.31. The average Bonchev–Trinajstić information content (AvgIpc) is 3.36. The Morgan fingerprint density at radius 2 is 2.10 bits per heavy atom. The summed E-state index contributed by atoms with van der Waals surface area (Å²) in [6, 6.07) is 3.63. The molecule has 1 saturated carbocycles. The van der Waals surface area contributed by atoms with Gasteiger partial charge >= 0.3 is 6.09 Å². The summed E-state index contributed by atoms with van der Waals surface area (Å²) in [7, 11) is 1.53. The predicted octanol–water partition coefficient (Wildman–Crippen LogP) is 1.10. The number of ether oxygens (including phenoxy) is 2. The summed E-state index contributed by atoms with van der Waals surface area (Å²) in [6.07, 6.45) is 0.809. The lowest BCUT2D eigenvalue weighted by Gasteiger charge is -2.18. The molecule has 0 aromatic carbocycles. The number of hydrazine groups is 1. The molecule has 0 spiro atoms. The number of amides is 2. The number of aromatic nitrogens is 1. The number of nitrogens with one attached hydrogen (secondary N) is 4. The van der Waals surface area contributed by atoms with Gasteiger partial charge in [0.25, 0.3) is 6.43 Å². The smallest absolute Gasteiger partial charge is 0.407 e. The number of rotatable bonds is 8. The summed E-state index contributed by atoms with van der Waals surface area (Å²) in [5.41, 5.74) is 7.07. The zero-order valence-corrected chi connectivity index (χ0v) is 16.7. The van der Waals surface area contributed by atoms with Crippen LogP contribution >= 0.6 is 0 Å². The molecule has 1 saturated heterocycles. The highest BCUT2D eigenvalue weighted by atomic mass is 19.3. The molecule has 1 aliphatic heterocycles. The molecule has 1 aromatic heterocycles. The monoisotopic (exact) mass is 427 g/mol. The summed E-state index contributed by atoms with van der Waals surface area (Å²) >= 11 is 0. The molecule has 0 bridgehead atoms. The average molecular weight is 427 g/mol. The SMILES string of the molecule is COc1ccc(CC(=O)NC2CC([C@H]3CC[C@@H](OC(=O)NCC(F)F)C3)NN2)cn1. The van der Waals surface area contributed by atoms with Gasteiger partial charge in [-0.15, -0.1) is 0 Å². The summed E-state index contributed by atoms with van der Waals surface area (Å²) in [4.78, 5) is 27.9. The Hall–Kier alpha value is -2.53. The van der Waals surface area contributed by atoms with E-state index in [9.17, 15) is 18.4 Å². The van der Waals surface area contributed by atoms with Gasteiger partial charge in [-0.25, -0.2) is 24.0 Å². The predicted molar refractivity (Wildman–Crippen MR) is 103 cm³/mol. The molecule has 30 heavy (non-hydrogen) atoms. The minimum absolute atomic E-state index is 0.120. The van der Waals surface area contributed by atoms with Gasteiger partial charge in [-0.2, -0.15) is 0 Å². The maximum Gasteiger partial charge on any atom is 0.407 e. The number of carbonyl (C=O) groups excluding carboxylic acids is 2. The Labute approximate surface area is 173 Å². The normalized spacial score (nSPS) is 25.9. The molecule has 2 amide bonds. The number of halogens is 2. The fourth-order valence-corrected chi connectivity index (χ4v) is 3.85. The molecule has 1 aromatic rings. The molecule has 4 atom stereocenters. The van der Waals surface area contributed by atoms with E-state index in [4.69, 9.17) is 9.47 Å². The van der Waals surface area contributed by atoms with Gasteiger partial charge in [0, 0.05) is 18.3 Å². The van der Waals surface area contributed by atoms with Gasteiger partial charge in [-0.05, 0) is 37.2 Å². The number of hydrogen-bond donors (Lipinski definition) is 4. The summed E-state index contributed by atoms with van der Waals surface area (Å²) in [5, 5.41) is 4.99. The number of methoxy groups -OCH3 is 1. The number of hydrogen-bond acceptors (Lipinski definition) is 7. The number of alkyl halides is 2. The zero-order chi connectivity index (χ0) is 21.5. The van der Waals surface area contributed by atoms with E-state index in [-0.39, 0.29) is 36.6 Å². The summed E-state index contributed by atoms with van der Waals surface area (Å²) in [5.74, 6) is 0.636. The molecule has 9 nitrogen and oxygen atoms in total. The van der Waals surface area contributed by atoms with E-state index in [1.165, 1.54) is 7.11 Å². The van der Waals surface area contributed by atoms with E-state index in [1.807, 2.05) is 0 Å². The zero-order valence-electron chi connectivity index (χ0n) is 16.7. The lowest BCUT2D eigenvalue weighted by atomic mass is 9.96. The van der Waals surface area contributed by atoms with Crippen LogP contribution in [-0.2, 0) is 16.0 Å². The van der Waals surface area contributed by atoms with Gasteiger partial charge in [-0.1, -0.05) is 6.07 Å². The Balaban J connectivity index is 1.37. The number of carbonyl (C=O) groups is 2. The molecular formula is C19H27F2N5O4. The first-order valence-corrected chi connectivity index (χ1v) is 9.95. The second-order valence-electron chi connectivity index (χ2n) is 7.51. The molecule has 4 N–H and O–H groups in total. The summed E-state index contributed by atoms with van der Waals surface area (Å²) in [6.45, 7) is -0.711.